The number of H-pyrrole nitrogens is 1. The van der Waals surface area contributed by atoms with E-state index in [0.717, 1.165) is 0 Å². The summed E-state index contributed by atoms with van der Waals surface area (Å²) in [4.78, 5) is 32.2. The van der Waals surface area contributed by atoms with Crippen LogP contribution in [0.15, 0.2) is 23.1 Å². The van der Waals surface area contributed by atoms with Gasteiger partial charge in [-0.2, -0.15) is 0 Å². The highest BCUT2D eigenvalue weighted by atomic mass is 19.3. The van der Waals surface area contributed by atoms with Gasteiger partial charge >= 0.3 is 0 Å². The Morgan fingerprint density at radius 2 is 1.94 bits per heavy atom. The summed E-state index contributed by atoms with van der Waals surface area (Å²) in [5.74, 6) is -4.59. The van der Waals surface area contributed by atoms with Crippen molar-refractivity contribution in [2.24, 2.45) is 17.8 Å². The maximum absolute atomic E-state index is 14.4. The van der Waals surface area contributed by atoms with Crippen LogP contribution in [-0.2, 0) is 0 Å². The molecule has 0 aromatic carbocycles. The largest absolute Gasteiger partial charge is 0.358 e. The van der Waals surface area contributed by atoms with Crippen LogP contribution in [0.25, 0.3) is 10.9 Å². The Kier molecular flexibility index (Phi) is 6.27. The summed E-state index contributed by atoms with van der Waals surface area (Å²) in [5.41, 5.74) is 0.315. The molecule has 0 aliphatic heterocycles. The van der Waals surface area contributed by atoms with Gasteiger partial charge in [-0.1, -0.05) is 0 Å². The summed E-state index contributed by atoms with van der Waals surface area (Å²) in [7, 11) is 1.43. The molecule has 2 aliphatic carbocycles. The van der Waals surface area contributed by atoms with Crippen LogP contribution in [0.1, 0.15) is 67.0 Å². The van der Waals surface area contributed by atoms with Crippen LogP contribution in [-0.4, -0.2) is 35.3 Å². The fraction of sp³-hybridized carbons (Fsp3) is 0.609. The quantitative estimate of drug-likeness (QED) is 0.649. The van der Waals surface area contributed by atoms with Crippen molar-refractivity contribution in [3.63, 3.8) is 0 Å². The lowest BCUT2D eigenvalue weighted by Gasteiger charge is -2.42. The summed E-state index contributed by atoms with van der Waals surface area (Å²) in [6.07, 6.45) is 0.699. The van der Waals surface area contributed by atoms with Gasteiger partial charge in [-0.05, 0) is 50.0 Å². The number of hydrogen-bond donors (Lipinski definition) is 2. The Morgan fingerprint density at radius 1 is 1.22 bits per heavy atom. The minimum absolute atomic E-state index is 0.0198. The van der Waals surface area contributed by atoms with Gasteiger partial charge in [0.15, 0.2) is 5.43 Å². The topological polar surface area (TPSA) is 74.8 Å². The molecule has 1 amide bonds. The molecule has 2 aromatic rings. The van der Waals surface area contributed by atoms with Gasteiger partial charge in [-0.3, -0.25) is 14.6 Å². The molecule has 0 spiro atoms. The van der Waals surface area contributed by atoms with Gasteiger partial charge in [0.2, 0.25) is 12.3 Å². The summed E-state index contributed by atoms with van der Waals surface area (Å²) >= 11 is 0. The van der Waals surface area contributed by atoms with Crippen LogP contribution in [0, 0.1) is 17.8 Å². The molecule has 9 heteroatoms. The molecule has 174 valence electrons. The maximum atomic E-state index is 14.4. The number of alkyl halides is 4. The number of aromatic amines is 1. The van der Waals surface area contributed by atoms with Crippen molar-refractivity contribution in [1.29, 1.82) is 0 Å². The van der Waals surface area contributed by atoms with Crippen LogP contribution < -0.4 is 10.7 Å². The van der Waals surface area contributed by atoms with Crippen LogP contribution in [0.2, 0.25) is 0 Å². The number of aromatic nitrogens is 2. The van der Waals surface area contributed by atoms with Crippen molar-refractivity contribution < 1.29 is 22.4 Å². The van der Waals surface area contributed by atoms with E-state index in [-0.39, 0.29) is 35.8 Å². The predicted octanol–water partition coefficient (Wildman–Crippen LogP) is 4.87. The Hall–Kier alpha value is -2.45. The standard InChI is InChI=1S/C23H27F4N3O2/c1-28-22(32)20-19-16(7-9-29-20)30-17(10-18(19)31)15-11-23(26,27)8-6-14(15)12-2-4-13(5-3-12)21(24)25/h7,9-10,12-15,21H,2-6,8,11H2,1H3,(H,28,32)(H,30,31)/t12?,13?,14?,15-/m1/s1. The number of amides is 1. The molecule has 2 saturated carbocycles. The third-order valence-corrected chi connectivity index (χ3v) is 7.26. The normalized spacial score (nSPS) is 28.1. The van der Waals surface area contributed by atoms with Crippen LogP contribution in [0.5, 0.6) is 0 Å². The van der Waals surface area contributed by atoms with E-state index >= 15 is 0 Å². The van der Waals surface area contributed by atoms with E-state index in [0.29, 0.717) is 43.3 Å². The van der Waals surface area contributed by atoms with Gasteiger partial charge in [0.05, 0.1) is 10.9 Å². The number of halogens is 4. The van der Waals surface area contributed by atoms with Gasteiger partial charge in [0.1, 0.15) is 5.69 Å². The lowest BCUT2D eigenvalue weighted by Crippen LogP contribution is -2.37. The van der Waals surface area contributed by atoms with E-state index in [2.05, 4.69) is 15.3 Å². The number of nitrogens with one attached hydrogen (secondary N) is 2. The number of rotatable bonds is 4. The second-order valence-electron chi connectivity index (χ2n) is 9.13. The maximum Gasteiger partial charge on any atom is 0.270 e. The molecule has 2 aromatic heterocycles. The SMILES string of the molecule is CNC(=O)c1nccc2[nH]c([C@@H]3CC(F)(F)CCC3C3CCC(C(F)F)CC3)cc(=O)c12. The van der Waals surface area contributed by atoms with E-state index in [1.807, 2.05) is 0 Å². The smallest absolute Gasteiger partial charge is 0.270 e. The zero-order chi connectivity index (χ0) is 23.0. The van der Waals surface area contributed by atoms with Crippen LogP contribution >= 0.6 is 0 Å². The van der Waals surface area contributed by atoms with Gasteiger partial charge in [-0.15, -0.1) is 0 Å². The lowest BCUT2D eigenvalue weighted by molar-refractivity contribution is -0.0676. The van der Waals surface area contributed by atoms with Crippen molar-refractivity contribution in [3.8, 4) is 0 Å². The molecule has 0 radical (unpaired) electrons. The lowest BCUT2D eigenvalue weighted by atomic mass is 9.65. The second-order valence-corrected chi connectivity index (χ2v) is 9.13. The molecular formula is C23H27F4N3O2. The van der Waals surface area contributed by atoms with Crippen molar-refractivity contribution >= 4 is 16.8 Å². The number of fused-ring (bicyclic) bond motifs is 1. The average molecular weight is 453 g/mol. The number of carbonyl (C=O) groups excluding carboxylic acids is 1. The average Bonchev–Trinajstić information content (AvgIpc) is 2.77. The van der Waals surface area contributed by atoms with E-state index in [1.54, 1.807) is 6.07 Å². The van der Waals surface area contributed by atoms with E-state index in [9.17, 15) is 27.2 Å². The molecule has 0 saturated heterocycles. The van der Waals surface area contributed by atoms with Crippen molar-refractivity contribution in [3.05, 3.63) is 39.9 Å². The van der Waals surface area contributed by atoms with Crippen molar-refractivity contribution in [1.82, 2.24) is 15.3 Å². The fourth-order valence-electron chi connectivity index (χ4n) is 5.59. The molecular weight excluding hydrogens is 426 g/mol. The Balaban J connectivity index is 1.70. The fourth-order valence-corrected chi connectivity index (χ4v) is 5.59. The molecule has 2 aliphatic rings. The first-order chi connectivity index (χ1) is 15.2. The summed E-state index contributed by atoms with van der Waals surface area (Å²) in [6, 6.07) is 2.86. The summed E-state index contributed by atoms with van der Waals surface area (Å²) in [6.45, 7) is 0. The van der Waals surface area contributed by atoms with E-state index < -0.39 is 35.5 Å². The summed E-state index contributed by atoms with van der Waals surface area (Å²) < 4.78 is 55.0. The monoisotopic (exact) mass is 453 g/mol. The Labute approximate surface area is 183 Å². The highest BCUT2D eigenvalue weighted by molar-refractivity contribution is 6.04. The third-order valence-electron chi connectivity index (χ3n) is 7.26. The minimum Gasteiger partial charge on any atom is -0.358 e. The molecule has 0 bridgehead atoms. The molecule has 32 heavy (non-hydrogen) atoms. The molecule has 2 fully saturated rings. The Morgan fingerprint density at radius 3 is 2.59 bits per heavy atom. The van der Waals surface area contributed by atoms with Gasteiger partial charge < -0.3 is 10.3 Å². The minimum atomic E-state index is -2.85. The third kappa shape index (κ3) is 4.38. The van der Waals surface area contributed by atoms with Gasteiger partial charge in [0, 0.05) is 49.7 Å². The first-order valence-electron chi connectivity index (χ1n) is 11.1. The van der Waals surface area contributed by atoms with Gasteiger partial charge in [-0.25, -0.2) is 17.6 Å². The number of hydrogen-bond acceptors (Lipinski definition) is 3. The molecule has 2 N–H and O–H groups in total. The summed E-state index contributed by atoms with van der Waals surface area (Å²) in [5, 5.41) is 2.56. The molecule has 4 rings (SSSR count). The van der Waals surface area contributed by atoms with Crippen LogP contribution in [0.4, 0.5) is 17.6 Å². The highest BCUT2D eigenvalue weighted by Crippen LogP contribution is 2.51. The molecule has 2 heterocycles. The molecule has 5 nitrogen and oxygen atoms in total. The molecule has 1 unspecified atom stereocenters. The van der Waals surface area contributed by atoms with Gasteiger partial charge in [0.25, 0.3) is 5.91 Å². The first-order valence-corrected chi connectivity index (χ1v) is 11.1. The highest BCUT2D eigenvalue weighted by Gasteiger charge is 2.46. The number of pyridine rings is 2. The second kappa shape index (κ2) is 8.83. The zero-order valence-electron chi connectivity index (χ0n) is 17.8. The predicted molar refractivity (Wildman–Crippen MR) is 112 cm³/mol. The van der Waals surface area contributed by atoms with E-state index in [1.165, 1.54) is 19.3 Å². The Bertz CT molecular complexity index is 1050. The van der Waals surface area contributed by atoms with Crippen molar-refractivity contribution in [2.75, 3.05) is 7.05 Å². The van der Waals surface area contributed by atoms with Crippen LogP contribution in [0.3, 0.4) is 0 Å². The molecule has 2 atom stereocenters. The number of carbonyl (C=O) groups is 1. The van der Waals surface area contributed by atoms with Crippen molar-refractivity contribution in [2.45, 2.75) is 63.2 Å². The number of nitrogens with zero attached hydrogens (tertiary/aromatic N) is 1. The zero-order valence-corrected chi connectivity index (χ0v) is 17.8. The first kappa shape index (κ1) is 22.7. The van der Waals surface area contributed by atoms with E-state index in [4.69, 9.17) is 0 Å².